The molecule has 4 fully saturated rings. The topological polar surface area (TPSA) is 26.3 Å². The third-order valence-corrected chi connectivity index (χ3v) is 10.2. The maximum atomic E-state index is 13.2. The van der Waals surface area contributed by atoms with Gasteiger partial charge in [0.1, 0.15) is 6.61 Å². The van der Waals surface area contributed by atoms with E-state index in [2.05, 4.69) is 84.9 Å². The Morgan fingerprint density at radius 3 is 1.64 bits per heavy atom. The Bertz CT molecular complexity index is 1030. The zero-order chi connectivity index (χ0) is 22.3. The Kier molecular flexibility index (Phi) is 5.54. The Labute approximate surface area is 199 Å². The van der Waals surface area contributed by atoms with Crippen LogP contribution in [0.25, 0.3) is 0 Å². The molecular weight excluding hydrogens is 424 g/mol. The van der Waals surface area contributed by atoms with Gasteiger partial charge in [-0.05, 0) is 98.2 Å². The summed E-state index contributed by atoms with van der Waals surface area (Å²) in [6.45, 7) is 0.380. The second kappa shape index (κ2) is 8.68. The summed E-state index contributed by atoms with van der Waals surface area (Å²) in [5.74, 6) is 2.35. The molecule has 0 aromatic heterocycles. The maximum absolute atomic E-state index is 13.2. The molecule has 3 heteroatoms. The predicted octanol–water partition coefficient (Wildman–Crippen LogP) is 7.04. The normalized spacial score (nSPS) is 27.6. The Hall–Kier alpha value is -2.52. The van der Waals surface area contributed by atoms with Crippen LogP contribution in [0.15, 0.2) is 99.6 Å². The van der Waals surface area contributed by atoms with E-state index < -0.39 is 0 Å². The van der Waals surface area contributed by atoms with Gasteiger partial charge < -0.3 is 4.74 Å². The molecule has 0 heterocycles. The van der Waals surface area contributed by atoms with E-state index in [-0.39, 0.29) is 22.3 Å². The van der Waals surface area contributed by atoms with Crippen LogP contribution in [-0.4, -0.2) is 5.97 Å². The molecule has 2 nitrogen and oxygen atoms in total. The van der Waals surface area contributed by atoms with Crippen LogP contribution in [0.2, 0.25) is 0 Å². The minimum Gasteiger partial charge on any atom is -0.460 e. The lowest BCUT2D eigenvalue weighted by atomic mass is 9.49. The number of carbonyl (C=O) groups excluding carboxylic acids is 1. The third-order valence-electron chi connectivity index (χ3n) is 7.96. The van der Waals surface area contributed by atoms with Crippen molar-refractivity contribution >= 4 is 16.9 Å². The van der Waals surface area contributed by atoms with Crippen molar-refractivity contribution in [2.75, 3.05) is 0 Å². The van der Waals surface area contributed by atoms with Crippen LogP contribution in [0.1, 0.15) is 44.1 Å². The van der Waals surface area contributed by atoms with Crippen LogP contribution < -0.4 is 0 Å². The molecule has 0 aliphatic heterocycles. The largest absolute Gasteiger partial charge is 0.460 e. The molecule has 4 aliphatic rings. The first-order chi connectivity index (χ1) is 16.2. The van der Waals surface area contributed by atoms with Gasteiger partial charge in [0.15, 0.2) is 14.7 Å². The van der Waals surface area contributed by atoms with Gasteiger partial charge in [-0.25, -0.2) is 0 Å². The first-order valence-electron chi connectivity index (χ1n) is 12.3. The van der Waals surface area contributed by atoms with E-state index >= 15 is 0 Å². The molecule has 33 heavy (non-hydrogen) atoms. The first kappa shape index (κ1) is 21.0. The number of esters is 1. The van der Waals surface area contributed by atoms with E-state index in [0.717, 1.165) is 42.6 Å². The molecule has 0 radical (unpaired) electrons. The van der Waals surface area contributed by atoms with Crippen LogP contribution in [-0.2, 0) is 27.0 Å². The van der Waals surface area contributed by atoms with Crippen molar-refractivity contribution in [3.05, 3.63) is 90.5 Å². The average Bonchev–Trinajstić information content (AvgIpc) is 2.84. The fraction of sp³-hybridized carbons (Fsp3) is 0.367. The Balaban J connectivity index is 1.17. The van der Waals surface area contributed by atoms with Gasteiger partial charge in [0.2, 0.25) is 0 Å². The lowest BCUT2D eigenvalue weighted by molar-refractivity contribution is -0.172. The maximum Gasteiger partial charge on any atom is 0.312 e. The monoisotopic (exact) mass is 455 g/mol. The van der Waals surface area contributed by atoms with Crippen molar-refractivity contribution in [1.82, 2.24) is 0 Å². The molecule has 0 N–H and O–H groups in total. The van der Waals surface area contributed by atoms with E-state index in [1.807, 2.05) is 0 Å². The molecule has 3 aromatic carbocycles. The summed E-state index contributed by atoms with van der Waals surface area (Å²) in [4.78, 5) is 17.1. The third kappa shape index (κ3) is 4.12. The molecule has 168 valence electrons. The van der Waals surface area contributed by atoms with Crippen molar-refractivity contribution in [2.24, 2.45) is 23.2 Å². The molecule has 0 unspecified atom stereocenters. The predicted molar refractivity (Wildman–Crippen MR) is 132 cm³/mol. The molecule has 0 amide bonds. The average molecular weight is 456 g/mol. The van der Waals surface area contributed by atoms with E-state index in [9.17, 15) is 4.79 Å². The van der Waals surface area contributed by atoms with Crippen molar-refractivity contribution < 1.29 is 9.53 Å². The highest BCUT2D eigenvalue weighted by molar-refractivity contribution is 7.97. The van der Waals surface area contributed by atoms with Gasteiger partial charge in [-0.15, -0.1) is 0 Å². The summed E-state index contributed by atoms with van der Waals surface area (Å²) >= 11 is 0. The summed E-state index contributed by atoms with van der Waals surface area (Å²) < 4.78 is 5.95. The van der Waals surface area contributed by atoms with Crippen molar-refractivity contribution in [2.45, 2.75) is 59.8 Å². The summed E-state index contributed by atoms with van der Waals surface area (Å²) in [5.41, 5.74) is 0.892. The van der Waals surface area contributed by atoms with E-state index in [1.54, 1.807) is 0 Å². The number of carbonyl (C=O) groups is 1. The Morgan fingerprint density at radius 1 is 0.697 bits per heavy atom. The molecule has 4 saturated carbocycles. The van der Waals surface area contributed by atoms with Crippen molar-refractivity contribution in [3.8, 4) is 0 Å². The minimum atomic E-state index is -0.179. The van der Waals surface area contributed by atoms with Crippen LogP contribution >= 0.6 is 0 Å². The zero-order valence-electron chi connectivity index (χ0n) is 19.0. The van der Waals surface area contributed by atoms with Gasteiger partial charge in [-0.2, -0.15) is 0 Å². The number of benzene rings is 3. The van der Waals surface area contributed by atoms with Gasteiger partial charge in [0, 0.05) is 0 Å². The number of ether oxygens (including phenoxy) is 1. The van der Waals surface area contributed by atoms with Crippen molar-refractivity contribution in [3.63, 3.8) is 0 Å². The number of hydrogen-bond donors (Lipinski definition) is 0. The van der Waals surface area contributed by atoms with Gasteiger partial charge in [0.05, 0.1) is 16.3 Å². The molecule has 7 rings (SSSR count). The van der Waals surface area contributed by atoms with E-state index in [1.165, 1.54) is 33.9 Å². The standard InChI is InChI=1S/C30H31O2S/c31-29(30-18-23-15-24(19-30)17-25(16-23)20-30)32-21-22-11-13-28(14-12-22)33(26-7-3-1-4-8-26)27-9-5-2-6-10-27/h1-14,23-25H,15-21H2/q+1. The second-order valence-electron chi connectivity index (χ2n) is 10.4. The van der Waals surface area contributed by atoms with Gasteiger partial charge in [-0.1, -0.05) is 48.5 Å². The molecule has 4 bridgehead atoms. The molecule has 3 aromatic rings. The zero-order valence-corrected chi connectivity index (χ0v) is 19.8. The van der Waals surface area contributed by atoms with Crippen molar-refractivity contribution in [1.29, 1.82) is 0 Å². The lowest BCUT2D eigenvalue weighted by Gasteiger charge is -2.55. The number of hydrogen-bond acceptors (Lipinski definition) is 2. The van der Waals surface area contributed by atoms with E-state index in [4.69, 9.17) is 4.74 Å². The first-order valence-corrected chi connectivity index (χ1v) is 13.5. The smallest absolute Gasteiger partial charge is 0.312 e. The molecule has 0 atom stereocenters. The van der Waals surface area contributed by atoms with Gasteiger partial charge in [-0.3, -0.25) is 4.79 Å². The highest BCUT2D eigenvalue weighted by Crippen LogP contribution is 2.60. The summed E-state index contributed by atoms with van der Waals surface area (Å²) in [5, 5.41) is 0. The molecular formula is C30H31O2S+. The summed E-state index contributed by atoms with van der Waals surface area (Å²) in [6.07, 6.45) is 7.23. The summed E-state index contributed by atoms with van der Waals surface area (Å²) in [6, 6.07) is 30.1. The van der Waals surface area contributed by atoms with E-state index in [0.29, 0.717) is 6.61 Å². The van der Waals surface area contributed by atoms with Crippen LogP contribution in [0, 0.1) is 23.2 Å². The highest BCUT2D eigenvalue weighted by atomic mass is 32.2. The quantitative estimate of drug-likeness (QED) is 0.294. The van der Waals surface area contributed by atoms with Crippen LogP contribution in [0.3, 0.4) is 0 Å². The molecule has 0 spiro atoms. The van der Waals surface area contributed by atoms with Gasteiger partial charge in [0.25, 0.3) is 0 Å². The fourth-order valence-corrected chi connectivity index (χ4v) is 8.99. The van der Waals surface area contributed by atoms with Crippen LogP contribution in [0.4, 0.5) is 0 Å². The van der Waals surface area contributed by atoms with Gasteiger partial charge >= 0.3 is 5.97 Å². The highest BCUT2D eigenvalue weighted by Gasteiger charge is 2.55. The lowest BCUT2D eigenvalue weighted by Crippen LogP contribution is -2.50. The summed E-state index contributed by atoms with van der Waals surface area (Å²) in [7, 11) is -0.151. The minimum absolute atomic E-state index is 0.0685. The second-order valence-corrected chi connectivity index (χ2v) is 12.4. The fourth-order valence-electron chi connectivity index (χ4n) is 6.91. The Morgan fingerprint density at radius 2 is 1.15 bits per heavy atom. The number of rotatable bonds is 6. The van der Waals surface area contributed by atoms with Crippen LogP contribution in [0.5, 0.6) is 0 Å². The molecule has 4 aliphatic carbocycles. The SMILES string of the molecule is O=C(OCc1ccc([S+](c2ccccc2)c2ccccc2)cc1)C12CC3CC(CC(C3)C1)C2. The molecule has 0 saturated heterocycles.